The van der Waals surface area contributed by atoms with E-state index in [2.05, 4.69) is 11.8 Å². The number of hydrogen-bond donors (Lipinski definition) is 0. The summed E-state index contributed by atoms with van der Waals surface area (Å²) in [6.45, 7) is 1.07. The van der Waals surface area contributed by atoms with Crippen molar-refractivity contribution >= 4 is 17.4 Å². The predicted molar refractivity (Wildman–Crippen MR) is 84.3 cm³/mol. The van der Waals surface area contributed by atoms with Gasteiger partial charge in [0.2, 0.25) is 5.78 Å². The van der Waals surface area contributed by atoms with Gasteiger partial charge < -0.3 is 4.74 Å². The molecule has 0 aliphatic heterocycles. The molecule has 0 radical (unpaired) electrons. The molecule has 0 atom stereocenters. The second-order valence-corrected chi connectivity index (χ2v) is 4.86. The molecule has 0 amide bonds. The van der Waals surface area contributed by atoms with Crippen molar-refractivity contribution in [3.63, 3.8) is 0 Å². The molecule has 0 spiro atoms. The van der Waals surface area contributed by atoms with Crippen LogP contribution in [0.5, 0.6) is 0 Å². The number of ether oxygens (including phenoxy) is 1. The topological polar surface area (TPSA) is 26.3 Å². The summed E-state index contributed by atoms with van der Waals surface area (Å²) in [7, 11) is 0. The Balaban J connectivity index is 1.71. The molecular weight excluding hydrogens is 284 g/mol. The quantitative estimate of drug-likeness (QED) is 0.359. The molecule has 2 rings (SSSR count). The molecule has 0 heterocycles. The van der Waals surface area contributed by atoms with Gasteiger partial charge in [0.1, 0.15) is 0 Å². The molecule has 106 valence electrons. The average Bonchev–Trinajstić information content (AvgIpc) is 2.52. The van der Waals surface area contributed by atoms with Crippen LogP contribution in [0.15, 0.2) is 54.6 Å². The fraction of sp³-hybridized carbons (Fsp3) is 0.167. The third-order valence-corrected chi connectivity index (χ3v) is 3.04. The highest BCUT2D eigenvalue weighted by molar-refractivity contribution is 6.30. The molecule has 0 aromatic heterocycles. The highest BCUT2D eigenvalue weighted by Crippen LogP contribution is 2.09. The molecular formula is C18H15ClO2. The first-order chi connectivity index (χ1) is 10.3. The maximum absolute atomic E-state index is 11.8. The molecule has 0 unspecified atom stereocenters. The summed E-state index contributed by atoms with van der Waals surface area (Å²) in [5, 5.41) is 0.605. The Morgan fingerprint density at radius 1 is 1.05 bits per heavy atom. The minimum Gasteiger partial charge on any atom is -0.376 e. The summed E-state index contributed by atoms with van der Waals surface area (Å²) >= 11 is 5.76. The van der Waals surface area contributed by atoms with Gasteiger partial charge in [0.25, 0.3) is 0 Å². The highest BCUT2D eigenvalue weighted by atomic mass is 35.5. The number of rotatable bonds is 5. The van der Waals surface area contributed by atoms with Gasteiger partial charge in [0, 0.05) is 17.0 Å². The van der Waals surface area contributed by atoms with E-state index in [1.54, 1.807) is 24.3 Å². The standard InChI is InChI=1S/C18H15ClO2/c19-17-11-9-16(10-12-17)18(20)8-4-5-13-21-14-15-6-2-1-3-7-15/h1-3,6-7,9-12H,5,13-14H2. The van der Waals surface area contributed by atoms with Crippen molar-refractivity contribution in [3.05, 3.63) is 70.7 Å². The molecule has 0 saturated heterocycles. The second kappa shape index (κ2) is 8.26. The minimum atomic E-state index is -0.199. The summed E-state index contributed by atoms with van der Waals surface area (Å²) < 4.78 is 5.49. The smallest absolute Gasteiger partial charge is 0.235 e. The van der Waals surface area contributed by atoms with Gasteiger partial charge in [-0.15, -0.1) is 0 Å². The summed E-state index contributed by atoms with van der Waals surface area (Å²) in [5.41, 5.74) is 1.68. The van der Waals surface area contributed by atoms with E-state index in [9.17, 15) is 4.79 Å². The van der Waals surface area contributed by atoms with Crippen LogP contribution in [0.4, 0.5) is 0 Å². The van der Waals surface area contributed by atoms with Crippen LogP contribution in [-0.4, -0.2) is 12.4 Å². The van der Waals surface area contributed by atoms with Crippen LogP contribution in [-0.2, 0) is 11.3 Å². The normalized spacial score (nSPS) is 9.76. The van der Waals surface area contributed by atoms with Crippen LogP contribution in [0.2, 0.25) is 5.02 Å². The number of halogens is 1. The van der Waals surface area contributed by atoms with Crippen molar-refractivity contribution in [2.75, 3.05) is 6.61 Å². The molecule has 0 bridgehead atoms. The van der Waals surface area contributed by atoms with Gasteiger partial charge in [0.05, 0.1) is 13.2 Å². The van der Waals surface area contributed by atoms with E-state index >= 15 is 0 Å². The third-order valence-electron chi connectivity index (χ3n) is 2.79. The lowest BCUT2D eigenvalue weighted by Crippen LogP contribution is -1.96. The Bertz CT molecular complexity index is 636. The molecule has 0 aliphatic rings. The SMILES string of the molecule is O=C(C#CCCOCc1ccccc1)c1ccc(Cl)cc1. The van der Waals surface area contributed by atoms with Gasteiger partial charge in [-0.1, -0.05) is 47.9 Å². The van der Waals surface area contributed by atoms with Crippen LogP contribution >= 0.6 is 11.6 Å². The first kappa shape index (κ1) is 15.3. The van der Waals surface area contributed by atoms with Gasteiger partial charge in [-0.05, 0) is 35.7 Å². The van der Waals surface area contributed by atoms with Gasteiger partial charge in [-0.2, -0.15) is 0 Å². The van der Waals surface area contributed by atoms with E-state index in [1.807, 2.05) is 30.3 Å². The fourth-order valence-electron chi connectivity index (χ4n) is 1.70. The Labute approximate surface area is 129 Å². The molecule has 0 aliphatic carbocycles. The zero-order valence-electron chi connectivity index (χ0n) is 11.5. The van der Waals surface area contributed by atoms with Crippen molar-refractivity contribution in [1.82, 2.24) is 0 Å². The van der Waals surface area contributed by atoms with E-state index in [1.165, 1.54) is 0 Å². The molecule has 2 aromatic carbocycles. The molecule has 2 nitrogen and oxygen atoms in total. The van der Waals surface area contributed by atoms with Gasteiger partial charge >= 0.3 is 0 Å². The van der Waals surface area contributed by atoms with Crippen molar-refractivity contribution in [1.29, 1.82) is 0 Å². The second-order valence-electron chi connectivity index (χ2n) is 4.43. The maximum Gasteiger partial charge on any atom is 0.235 e. The zero-order chi connectivity index (χ0) is 14.9. The third kappa shape index (κ3) is 5.43. The molecule has 3 heteroatoms. The van der Waals surface area contributed by atoms with Crippen LogP contribution in [0.25, 0.3) is 0 Å². The largest absolute Gasteiger partial charge is 0.376 e. The number of carbonyl (C=O) groups excluding carboxylic acids is 1. The van der Waals surface area contributed by atoms with E-state index in [0.717, 1.165) is 5.56 Å². The predicted octanol–water partition coefficient (Wildman–Crippen LogP) is 4.13. The van der Waals surface area contributed by atoms with Crippen molar-refractivity contribution in [2.45, 2.75) is 13.0 Å². The number of hydrogen-bond acceptors (Lipinski definition) is 2. The Morgan fingerprint density at radius 2 is 1.76 bits per heavy atom. The van der Waals surface area contributed by atoms with Gasteiger partial charge in [-0.25, -0.2) is 0 Å². The lowest BCUT2D eigenvalue weighted by atomic mass is 10.1. The van der Waals surface area contributed by atoms with Crippen molar-refractivity contribution < 1.29 is 9.53 Å². The van der Waals surface area contributed by atoms with E-state index in [0.29, 0.717) is 30.2 Å². The molecule has 0 saturated carbocycles. The molecule has 0 N–H and O–H groups in total. The fourth-order valence-corrected chi connectivity index (χ4v) is 1.83. The molecule has 21 heavy (non-hydrogen) atoms. The first-order valence-electron chi connectivity index (χ1n) is 6.66. The van der Waals surface area contributed by atoms with E-state index < -0.39 is 0 Å². The lowest BCUT2D eigenvalue weighted by molar-refractivity contribution is 0.105. The molecule has 0 fully saturated rings. The summed E-state index contributed by atoms with van der Waals surface area (Å²) in [6.07, 6.45) is 0.534. The van der Waals surface area contributed by atoms with Crippen molar-refractivity contribution in [3.8, 4) is 11.8 Å². The molecule has 2 aromatic rings. The zero-order valence-corrected chi connectivity index (χ0v) is 12.3. The van der Waals surface area contributed by atoms with E-state index in [4.69, 9.17) is 16.3 Å². The van der Waals surface area contributed by atoms with Crippen molar-refractivity contribution in [2.24, 2.45) is 0 Å². The van der Waals surface area contributed by atoms with Gasteiger partial charge in [0.15, 0.2) is 0 Å². The average molecular weight is 299 g/mol. The highest BCUT2D eigenvalue weighted by Gasteiger charge is 2.00. The summed E-state index contributed by atoms with van der Waals surface area (Å²) in [6, 6.07) is 16.6. The Hall–Kier alpha value is -2.08. The monoisotopic (exact) mass is 298 g/mol. The minimum absolute atomic E-state index is 0.199. The Kier molecular flexibility index (Phi) is 6.02. The number of carbonyl (C=O) groups is 1. The Morgan fingerprint density at radius 3 is 2.48 bits per heavy atom. The number of ketones is 1. The van der Waals surface area contributed by atoms with Gasteiger partial charge in [-0.3, -0.25) is 4.79 Å². The maximum atomic E-state index is 11.8. The number of Topliss-reactive ketones (excluding diaryl/α,β-unsaturated/α-hetero) is 1. The lowest BCUT2D eigenvalue weighted by Gasteiger charge is -2.01. The first-order valence-corrected chi connectivity index (χ1v) is 7.04. The summed E-state index contributed by atoms with van der Waals surface area (Å²) in [5.74, 6) is 5.23. The van der Waals surface area contributed by atoms with Crippen LogP contribution < -0.4 is 0 Å². The van der Waals surface area contributed by atoms with Crippen LogP contribution in [0, 0.1) is 11.8 Å². The van der Waals surface area contributed by atoms with E-state index in [-0.39, 0.29) is 5.78 Å². The van der Waals surface area contributed by atoms with Crippen LogP contribution in [0.1, 0.15) is 22.3 Å². The van der Waals surface area contributed by atoms with Crippen LogP contribution in [0.3, 0.4) is 0 Å². The summed E-state index contributed by atoms with van der Waals surface area (Å²) in [4.78, 5) is 11.8. The number of benzene rings is 2.